The Kier molecular flexibility index (Phi) is 2.95. The lowest BCUT2D eigenvalue weighted by Gasteiger charge is -2.27. The topological polar surface area (TPSA) is 27.3 Å². The molecule has 0 bridgehead atoms. The van der Waals surface area contributed by atoms with E-state index < -0.39 is 0 Å². The molecule has 2 atom stereocenters. The van der Waals surface area contributed by atoms with Crippen molar-refractivity contribution in [2.45, 2.75) is 12.8 Å². The molecule has 15 heavy (non-hydrogen) atoms. The van der Waals surface area contributed by atoms with E-state index in [0.29, 0.717) is 0 Å². The highest BCUT2D eigenvalue weighted by Crippen LogP contribution is 2.27. The van der Waals surface area contributed by atoms with E-state index in [0.717, 1.165) is 17.8 Å². The fraction of sp³-hybridized carbons (Fsp3) is 1.00. The fourth-order valence-electron chi connectivity index (χ4n) is 3.53. The van der Waals surface area contributed by atoms with Gasteiger partial charge < -0.3 is 15.5 Å². The van der Waals surface area contributed by atoms with Crippen molar-refractivity contribution in [2.24, 2.45) is 17.8 Å². The van der Waals surface area contributed by atoms with Crippen LogP contribution in [0, 0.1) is 17.8 Å². The van der Waals surface area contributed by atoms with Crippen LogP contribution in [0.3, 0.4) is 0 Å². The maximum Gasteiger partial charge on any atom is 0.00257 e. The standard InChI is InChI=1S/C12H23N3/c1-3-13-4-2-10(1)7-15-8-11-5-14-6-12(11)9-15/h10-14H,1-9H2. The molecule has 0 aromatic rings. The zero-order valence-electron chi connectivity index (χ0n) is 9.54. The van der Waals surface area contributed by atoms with Crippen LogP contribution in [0.4, 0.5) is 0 Å². The highest BCUT2D eigenvalue weighted by Gasteiger charge is 2.36. The van der Waals surface area contributed by atoms with Crippen LogP contribution in [0.1, 0.15) is 12.8 Å². The van der Waals surface area contributed by atoms with Gasteiger partial charge in [0.2, 0.25) is 0 Å². The third kappa shape index (κ3) is 2.19. The van der Waals surface area contributed by atoms with Gasteiger partial charge in [0.05, 0.1) is 0 Å². The van der Waals surface area contributed by atoms with E-state index in [-0.39, 0.29) is 0 Å². The Labute approximate surface area is 92.6 Å². The quantitative estimate of drug-likeness (QED) is 0.677. The molecule has 86 valence electrons. The third-order valence-electron chi connectivity index (χ3n) is 4.44. The number of piperidine rings is 1. The Morgan fingerprint density at radius 3 is 2.27 bits per heavy atom. The second kappa shape index (κ2) is 4.40. The summed E-state index contributed by atoms with van der Waals surface area (Å²) in [6, 6.07) is 0. The first kappa shape index (κ1) is 10.1. The average Bonchev–Trinajstić information content (AvgIpc) is 2.79. The van der Waals surface area contributed by atoms with Crippen LogP contribution in [0.25, 0.3) is 0 Å². The summed E-state index contributed by atoms with van der Waals surface area (Å²) in [4.78, 5) is 2.73. The van der Waals surface area contributed by atoms with Crippen LogP contribution in [0.15, 0.2) is 0 Å². The minimum atomic E-state index is 0.965. The smallest absolute Gasteiger partial charge is 0.00257 e. The van der Waals surface area contributed by atoms with Crippen molar-refractivity contribution in [2.75, 3.05) is 45.8 Å². The Balaban J connectivity index is 1.48. The highest BCUT2D eigenvalue weighted by atomic mass is 15.2. The van der Waals surface area contributed by atoms with E-state index in [2.05, 4.69) is 15.5 Å². The van der Waals surface area contributed by atoms with Crippen LogP contribution >= 0.6 is 0 Å². The Bertz CT molecular complexity index is 201. The van der Waals surface area contributed by atoms with E-state index >= 15 is 0 Å². The molecule has 0 aliphatic carbocycles. The van der Waals surface area contributed by atoms with Crippen LogP contribution in [0.5, 0.6) is 0 Å². The van der Waals surface area contributed by atoms with Gasteiger partial charge in [-0.25, -0.2) is 0 Å². The fourth-order valence-corrected chi connectivity index (χ4v) is 3.53. The molecule has 0 radical (unpaired) electrons. The summed E-state index contributed by atoms with van der Waals surface area (Å²) < 4.78 is 0. The van der Waals surface area contributed by atoms with Crippen LogP contribution in [-0.2, 0) is 0 Å². The first-order valence-electron chi connectivity index (χ1n) is 6.55. The maximum atomic E-state index is 3.51. The van der Waals surface area contributed by atoms with Gasteiger partial charge in [0, 0.05) is 19.6 Å². The monoisotopic (exact) mass is 209 g/mol. The lowest BCUT2D eigenvalue weighted by atomic mass is 9.98. The summed E-state index contributed by atoms with van der Waals surface area (Å²) in [6.07, 6.45) is 2.79. The van der Waals surface area contributed by atoms with Gasteiger partial charge in [-0.2, -0.15) is 0 Å². The summed E-state index contributed by atoms with van der Waals surface area (Å²) in [5.41, 5.74) is 0. The van der Waals surface area contributed by atoms with Crippen molar-refractivity contribution in [3.8, 4) is 0 Å². The van der Waals surface area contributed by atoms with Crippen LogP contribution in [-0.4, -0.2) is 50.7 Å². The number of hydrogen-bond acceptors (Lipinski definition) is 3. The molecule has 0 spiro atoms. The minimum absolute atomic E-state index is 0.965. The third-order valence-corrected chi connectivity index (χ3v) is 4.44. The molecule has 2 N–H and O–H groups in total. The molecule has 0 saturated carbocycles. The Morgan fingerprint density at radius 2 is 1.60 bits per heavy atom. The molecular weight excluding hydrogens is 186 g/mol. The lowest BCUT2D eigenvalue weighted by molar-refractivity contribution is 0.229. The van der Waals surface area contributed by atoms with Gasteiger partial charge in [-0.3, -0.25) is 0 Å². The zero-order valence-corrected chi connectivity index (χ0v) is 9.54. The van der Waals surface area contributed by atoms with Gasteiger partial charge in [-0.15, -0.1) is 0 Å². The van der Waals surface area contributed by atoms with Crippen LogP contribution < -0.4 is 10.6 Å². The molecule has 3 saturated heterocycles. The number of nitrogens with zero attached hydrogens (tertiary/aromatic N) is 1. The molecule has 3 fully saturated rings. The summed E-state index contributed by atoms with van der Waals surface area (Å²) in [6.45, 7) is 9.12. The normalized spacial score (nSPS) is 38.4. The van der Waals surface area contributed by atoms with Crippen molar-refractivity contribution >= 4 is 0 Å². The van der Waals surface area contributed by atoms with E-state index in [1.54, 1.807) is 0 Å². The van der Waals surface area contributed by atoms with Gasteiger partial charge in [0.1, 0.15) is 0 Å². The number of hydrogen-bond donors (Lipinski definition) is 2. The first-order valence-corrected chi connectivity index (χ1v) is 6.55. The lowest BCUT2D eigenvalue weighted by Crippen LogP contribution is -2.36. The SMILES string of the molecule is C1CC(CN2CC3CNCC3C2)CCN1. The molecule has 0 amide bonds. The van der Waals surface area contributed by atoms with Crippen molar-refractivity contribution in [1.82, 2.24) is 15.5 Å². The number of nitrogens with one attached hydrogen (secondary N) is 2. The molecule has 3 heterocycles. The van der Waals surface area contributed by atoms with Gasteiger partial charge in [0.15, 0.2) is 0 Å². The van der Waals surface area contributed by atoms with E-state index in [1.807, 2.05) is 0 Å². The van der Waals surface area contributed by atoms with Crippen molar-refractivity contribution in [1.29, 1.82) is 0 Å². The molecular formula is C12H23N3. The molecule has 3 aliphatic heterocycles. The average molecular weight is 209 g/mol. The summed E-state index contributed by atoms with van der Waals surface area (Å²) >= 11 is 0. The maximum absolute atomic E-state index is 3.51. The van der Waals surface area contributed by atoms with Crippen molar-refractivity contribution in [3.05, 3.63) is 0 Å². The zero-order chi connectivity index (χ0) is 10.1. The van der Waals surface area contributed by atoms with E-state index in [1.165, 1.54) is 58.7 Å². The second-order valence-electron chi connectivity index (χ2n) is 5.59. The van der Waals surface area contributed by atoms with Gasteiger partial charge in [-0.1, -0.05) is 0 Å². The Morgan fingerprint density at radius 1 is 0.933 bits per heavy atom. The number of fused-ring (bicyclic) bond motifs is 1. The van der Waals surface area contributed by atoms with Gasteiger partial charge in [-0.05, 0) is 56.8 Å². The molecule has 3 rings (SSSR count). The van der Waals surface area contributed by atoms with E-state index in [4.69, 9.17) is 0 Å². The summed E-state index contributed by atoms with van der Waals surface area (Å²) in [5, 5.41) is 6.96. The minimum Gasteiger partial charge on any atom is -0.317 e. The molecule has 3 heteroatoms. The summed E-state index contributed by atoms with van der Waals surface area (Å²) in [7, 11) is 0. The predicted octanol–water partition coefficient (Wildman–Crippen LogP) is 0.137. The molecule has 0 aromatic carbocycles. The molecule has 0 aromatic heterocycles. The van der Waals surface area contributed by atoms with Crippen molar-refractivity contribution < 1.29 is 0 Å². The van der Waals surface area contributed by atoms with E-state index in [9.17, 15) is 0 Å². The Hall–Kier alpha value is -0.120. The summed E-state index contributed by atoms with van der Waals surface area (Å²) in [5.74, 6) is 2.90. The first-order chi connectivity index (χ1) is 7.42. The van der Waals surface area contributed by atoms with Gasteiger partial charge in [0.25, 0.3) is 0 Å². The molecule has 3 nitrogen and oxygen atoms in total. The predicted molar refractivity (Wildman–Crippen MR) is 61.9 cm³/mol. The largest absolute Gasteiger partial charge is 0.317 e. The van der Waals surface area contributed by atoms with Crippen molar-refractivity contribution in [3.63, 3.8) is 0 Å². The highest BCUT2D eigenvalue weighted by molar-refractivity contribution is 4.91. The number of likely N-dealkylation sites (tertiary alicyclic amines) is 1. The molecule has 2 unspecified atom stereocenters. The second-order valence-corrected chi connectivity index (χ2v) is 5.59. The molecule has 3 aliphatic rings. The van der Waals surface area contributed by atoms with Gasteiger partial charge >= 0.3 is 0 Å². The van der Waals surface area contributed by atoms with Crippen LogP contribution in [0.2, 0.25) is 0 Å². The number of rotatable bonds is 2.